The molecule has 4 aromatic rings. The third kappa shape index (κ3) is 5.21. The molecule has 0 saturated carbocycles. The molecule has 2 amide bonds. The number of ether oxygens (including phenoxy) is 1. The van der Waals surface area contributed by atoms with E-state index in [-0.39, 0.29) is 45.7 Å². The summed E-state index contributed by atoms with van der Waals surface area (Å²) in [7, 11) is 0. The van der Waals surface area contributed by atoms with E-state index in [0.29, 0.717) is 30.6 Å². The molecule has 208 valence electrons. The van der Waals surface area contributed by atoms with Crippen molar-refractivity contribution in [1.29, 1.82) is 0 Å². The lowest BCUT2D eigenvalue weighted by atomic mass is 9.89. The molecule has 2 saturated heterocycles. The number of halogens is 3. The van der Waals surface area contributed by atoms with Crippen molar-refractivity contribution >= 4 is 34.7 Å². The van der Waals surface area contributed by atoms with Crippen LogP contribution in [0.2, 0.25) is 5.02 Å². The number of carbonyl (C=O) groups excluding carboxylic acids is 2. The van der Waals surface area contributed by atoms with Crippen molar-refractivity contribution in [2.24, 2.45) is 11.8 Å². The summed E-state index contributed by atoms with van der Waals surface area (Å²) in [4.78, 5) is 32.5. The van der Waals surface area contributed by atoms with Crippen LogP contribution in [0, 0.1) is 11.8 Å². The van der Waals surface area contributed by atoms with Crippen LogP contribution in [0.4, 0.5) is 14.5 Å². The van der Waals surface area contributed by atoms with Gasteiger partial charge in [-0.2, -0.15) is 19.0 Å². The van der Waals surface area contributed by atoms with E-state index in [9.17, 15) is 18.4 Å². The molecule has 14 heteroatoms. The summed E-state index contributed by atoms with van der Waals surface area (Å²) in [6, 6.07) is 5.80. The summed E-state index contributed by atoms with van der Waals surface area (Å²) in [6.45, 7) is -0.0186. The fraction of sp³-hybridized carbons (Fsp3) is 0.346. The van der Waals surface area contributed by atoms with Gasteiger partial charge in [-0.15, -0.1) is 0 Å². The smallest absolute Gasteiger partial charge is 0.387 e. The molecule has 0 aliphatic carbocycles. The zero-order valence-corrected chi connectivity index (χ0v) is 21.9. The fourth-order valence-corrected chi connectivity index (χ4v) is 5.53. The first kappa shape index (κ1) is 26.1. The van der Waals surface area contributed by atoms with Crippen LogP contribution in [0.15, 0.2) is 49.1 Å². The normalized spacial score (nSPS) is 18.8. The van der Waals surface area contributed by atoms with Crippen molar-refractivity contribution in [2.45, 2.75) is 19.6 Å². The molecule has 1 aromatic carbocycles. The number of nitrogens with one attached hydrogen (secondary N) is 2. The first-order valence-corrected chi connectivity index (χ1v) is 13.1. The van der Waals surface area contributed by atoms with Gasteiger partial charge in [-0.05, 0) is 55.6 Å². The van der Waals surface area contributed by atoms with Crippen molar-refractivity contribution in [3.05, 3.63) is 59.6 Å². The second kappa shape index (κ2) is 10.8. The molecule has 11 nitrogen and oxygen atoms in total. The summed E-state index contributed by atoms with van der Waals surface area (Å²) in [5, 5.41) is 15.1. The molecular formula is C26H25ClF2N8O3. The van der Waals surface area contributed by atoms with Gasteiger partial charge in [-0.1, -0.05) is 11.6 Å². The molecule has 0 spiro atoms. The van der Waals surface area contributed by atoms with E-state index in [2.05, 4.69) is 25.8 Å². The summed E-state index contributed by atoms with van der Waals surface area (Å²) in [5.74, 6) is 0.141. The molecule has 0 radical (unpaired) electrons. The second-order valence-corrected chi connectivity index (χ2v) is 10.3. The van der Waals surface area contributed by atoms with Crippen LogP contribution in [0.25, 0.3) is 16.9 Å². The Morgan fingerprint density at radius 1 is 1.25 bits per heavy atom. The van der Waals surface area contributed by atoms with Gasteiger partial charge in [-0.25, -0.2) is 9.50 Å². The van der Waals surface area contributed by atoms with Gasteiger partial charge < -0.3 is 20.3 Å². The van der Waals surface area contributed by atoms with Crippen molar-refractivity contribution in [3.63, 3.8) is 0 Å². The van der Waals surface area contributed by atoms with E-state index in [1.807, 2.05) is 4.90 Å². The maximum absolute atomic E-state index is 13.3. The molecular weight excluding hydrogens is 546 g/mol. The van der Waals surface area contributed by atoms with Crippen LogP contribution in [-0.2, 0) is 11.3 Å². The predicted octanol–water partition coefficient (Wildman–Crippen LogP) is 3.17. The monoisotopic (exact) mass is 570 g/mol. The number of hydrogen-bond donors (Lipinski definition) is 2. The maximum Gasteiger partial charge on any atom is 0.387 e. The molecule has 2 aliphatic heterocycles. The third-order valence-corrected chi connectivity index (χ3v) is 7.54. The Hall–Kier alpha value is -4.10. The number of fused-ring (bicyclic) bond motifs is 2. The van der Waals surface area contributed by atoms with Gasteiger partial charge in [0, 0.05) is 42.3 Å². The largest absolute Gasteiger partial charge is 0.434 e. The van der Waals surface area contributed by atoms with Gasteiger partial charge in [0.05, 0.1) is 11.9 Å². The second-order valence-electron chi connectivity index (χ2n) is 9.82. The Labute approximate surface area is 232 Å². The number of anilines is 1. The number of nitrogens with zero attached hydrogens (tertiary/aromatic N) is 6. The van der Waals surface area contributed by atoms with Gasteiger partial charge in [-0.3, -0.25) is 14.3 Å². The topological polar surface area (TPSA) is 119 Å². The molecule has 5 heterocycles. The first-order chi connectivity index (χ1) is 19.4. The van der Waals surface area contributed by atoms with E-state index in [1.165, 1.54) is 46.0 Å². The molecule has 2 aliphatic rings. The zero-order chi connectivity index (χ0) is 27.8. The summed E-state index contributed by atoms with van der Waals surface area (Å²) < 4.78 is 34.0. The van der Waals surface area contributed by atoms with Crippen molar-refractivity contribution in [1.82, 2.24) is 34.6 Å². The van der Waals surface area contributed by atoms with Gasteiger partial charge in [0.15, 0.2) is 5.65 Å². The van der Waals surface area contributed by atoms with Gasteiger partial charge in [0.25, 0.3) is 5.91 Å². The van der Waals surface area contributed by atoms with E-state index in [1.54, 1.807) is 12.3 Å². The van der Waals surface area contributed by atoms with Gasteiger partial charge >= 0.3 is 6.61 Å². The van der Waals surface area contributed by atoms with E-state index in [4.69, 9.17) is 16.3 Å². The van der Waals surface area contributed by atoms with Crippen LogP contribution in [-0.4, -0.2) is 73.9 Å². The minimum Gasteiger partial charge on any atom is -0.434 e. The van der Waals surface area contributed by atoms with Gasteiger partial charge in [0.1, 0.15) is 23.6 Å². The molecule has 3 aromatic heterocycles. The Morgan fingerprint density at radius 3 is 2.95 bits per heavy atom. The Morgan fingerprint density at radius 2 is 2.10 bits per heavy atom. The average Bonchev–Trinajstić information content (AvgIpc) is 3.67. The number of carbonyl (C=O) groups is 2. The number of benzene rings is 1. The standard InChI is InChI=1S/C26H25ClF2N8O3/c27-17-2-3-21(40-26(28)29)18(8-17)23-20(33-25(39)19-11-32-37-6-1-5-31-24(19)37)13-36(34-23)14-22(38)35-7-4-15-9-30-10-16(15)12-35/h1-3,5-6,8,11,13,15-16,26,30H,4,7,9-10,12,14H2,(H,33,39)/t15-,16+/m0/s1. The highest BCUT2D eigenvalue weighted by atomic mass is 35.5. The fourth-order valence-electron chi connectivity index (χ4n) is 5.36. The minimum absolute atomic E-state index is 0.0996. The van der Waals surface area contributed by atoms with Crippen molar-refractivity contribution in [2.75, 3.05) is 31.5 Å². The first-order valence-electron chi connectivity index (χ1n) is 12.8. The summed E-state index contributed by atoms with van der Waals surface area (Å²) in [6.07, 6.45) is 6.98. The lowest BCUT2D eigenvalue weighted by Crippen LogP contribution is -2.44. The Kier molecular flexibility index (Phi) is 7.07. The quantitative estimate of drug-likeness (QED) is 0.350. The molecule has 2 N–H and O–H groups in total. The van der Waals surface area contributed by atoms with E-state index < -0.39 is 12.5 Å². The lowest BCUT2D eigenvalue weighted by Gasteiger charge is -2.34. The highest BCUT2D eigenvalue weighted by Crippen LogP contribution is 2.37. The van der Waals surface area contributed by atoms with Crippen molar-refractivity contribution < 1.29 is 23.1 Å². The Bertz CT molecular complexity index is 1570. The number of aromatic nitrogens is 5. The van der Waals surface area contributed by atoms with Crippen LogP contribution in [0.5, 0.6) is 5.75 Å². The number of rotatable bonds is 7. The highest BCUT2D eigenvalue weighted by Gasteiger charge is 2.34. The summed E-state index contributed by atoms with van der Waals surface area (Å²) >= 11 is 6.19. The maximum atomic E-state index is 13.3. The van der Waals surface area contributed by atoms with Crippen molar-refractivity contribution in [3.8, 4) is 17.0 Å². The molecule has 0 bridgehead atoms. The Balaban J connectivity index is 1.32. The number of hydrogen-bond acceptors (Lipinski definition) is 7. The zero-order valence-electron chi connectivity index (χ0n) is 21.1. The van der Waals surface area contributed by atoms with Crippen LogP contribution < -0.4 is 15.4 Å². The third-order valence-electron chi connectivity index (χ3n) is 7.30. The number of amides is 2. The predicted molar refractivity (Wildman–Crippen MR) is 141 cm³/mol. The molecule has 0 unspecified atom stereocenters. The van der Waals surface area contributed by atoms with Crippen LogP contribution >= 0.6 is 11.6 Å². The molecule has 2 fully saturated rings. The van der Waals surface area contributed by atoms with Crippen LogP contribution in [0.3, 0.4) is 0 Å². The highest BCUT2D eigenvalue weighted by molar-refractivity contribution is 6.31. The lowest BCUT2D eigenvalue weighted by molar-refractivity contribution is -0.134. The molecule has 6 rings (SSSR count). The van der Waals surface area contributed by atoms with E-state index >= 15 is 0 Å². The summed E-state index contributed by atoms with van der Waals surface area (Å²) in [5.41, 5.74) is 0.942. The molecule has 2 atom stereocenters. The molecule has 40 heavy (non-hydrogen) atoms. The SMILES string of the molecule is O=C(Nc1cn(CC(=O)N2CC[C@H]3CNC[C@@H]3C2)nc1-c1cc(Cl)ccc1OC(F)F)c1cnn2cccnc12. The van der Waals surface area contributed by atoms with E-state index in [0.717, 1.165) is 19.5 Å². The number of piperidine rings is 1. The average molecular weight is 571 g/mol. The number of alkyl halides is 2. The minimum atomic E-state index is -3.10. The number of likely N-dealkylation sites (tertiary alicyclic amines) is 1. The van der Waals surface area contributed by atoms with Crippen LogP contribution in [0.1, 0.15) is 16.8 Å². The van der Waals surface area contributed by atoms with Gasteiger partial charge in [0.2, 0.25) is 5.91 Å².